The quantitative estimate of drug-likeness (QED) is 0.772. The lowest BCUT2D eigenvalue weighted by molar-refractivity contribution is 0.0611. The Kier molecular flexibility index (Phi) is 6.20. The second-order valence-electron chi connectivity index (χ2n) is 6.28. The number of nitrogens with zero attached hydrogens (tertiary/aromatic N) is 1. The first-order chi connectivity index (χ1) is 10.5. The van der Waals surface area contributed by atoms with E-state index in [9.17, 15) is 4.39 Å². The average Bonchev–Trinajstić information content (AvgIpc) is 2.48. The summed E-state index contributed by atoms with van der Waals surface area (Å²) in [6.45, 7) is 9.04. The van der Waals surface area contributed by atoms with E-state index in [2.05, 4.69) is 38.1 Å². The minimum absolute atomic E-state index is 0.195. The molecule has 2 nitrogen and oxygen atoms in total. The van der Waals surface area contributed by atoms with Crippen LogP contribution in [-0.4, -0.2) is 24.7 Å². The molecular formula is C19H26FNO. The normalized spacial score (nSPS) is 16.5. The Morgan fingerprint density at radius 1 is 1.14 bits per heavy atom. The van der Waals surface area contributed by atoms with Gasteiger partial charge in [-0.25, -0.2) is 4.39 Å². The number of hydrogen-bond acceptors (Lipinski definition) is 2. The lowest BCUT2D eigenvalue weighted by Gasteiger charge is -2.27. The molecule has 0 amide bonds. The van der Waals surface area contributed by atoms with Crippen LogP contribution in [0, 0.1) is 11.7 Å². The molecule has 1 aromatic carbocycles. The maximum atomic E-state index is 13.0. The van der Waals surface area contributed by atoms with Crippen molar-refractivity contribution >= 4 is 5.57 Å². The molecule has 1 aliphatic rings. The second kappa shape index (κ2) is 8.14. The Morgan fingerprint density at radius 3 is 2.36 bits per heavy atom. The van der Waals surface area contributed by atoms with Crippen LogP contribution in [0.2, 0.25) is 0 Å². The summed E-state index contributed by atoms with van der Waals surface area (Å²) in [5.74, 6) is 0.474. The molecule has 1 aliphatic heterocycles. The van der Waals surface area contributed by atoms with Crippen LogP contribution in [0.1, 0.15) is 39.2 Å². The molecule has 0 bridgehead atoms. The lowest BCUT2D eigenvalue weighted by atomic mass is 9.99. The van der Waals surface area contributed by atoms with Crippen LogP contribution in [0.5, 0.6) is 0 Å². The van der Waals surface area contributed by atoms with E-state index >= 15 is 0 Å². The number of allylic oxidation sites excluding steroid dienone is 2. The monoisotopic (exact) mass is 303 g/mol. The molecule has 2 rings (SSSR count). The fraction of sp³-hybridized carbons (Fsp3) is 0.474. The highest BCUT2D eigenvalue weighted by atomic mass is 19.1. The van der Waals surface area contributed by atoms with Gasteiger partial charge < -0.3 is 9.64 Å². The van der Waals surface area contributed by atoms with Crippen molar-refractivity contribution in [2.75, 3.05) is 19.8 Å². The Hall–Kier alpha value is -1.61. The number of ether oxygens (including phenoxy) is 1. The summed E-state index contributed by atoms with van der Waals surface area (Å²) in [7, 11) is 0. The van der Waals surface area contributed by atoms with Crippen molar-refractivity contribution in [3.63, 3.8) is 0 Å². The standard InChI is InChI=1S/C19H26FNO/c1-15(2)12-21(14-17-8-10-22-11-9-17)13-16(3)18-4-6-19(20)7-5-18/h4-7,12-13,17H,8-11,14H2,1-3H3/b16-13+. The highest BCUT2D eigenvalue weighted by Crippen LogP contribution is 2.20. The van der Waals surface area contributed by atoms with Gasteiger partial charge in [-0.2, -0.15) is 0 Å². The van der Waals surface area contributed by atoms with Gasteiger partial charge in [0, 0.05) is 32.2 Å². The van der Waals surface area contributed by atoms with Crippen LogP contribution in [0.25, 0.3) is 5.57 Å². The molecule has 3 heteroatoms. The molecule has 22 heavy (non-hydrogen) atoms. The molecule has 1 aromatic rings. The average molecular weight is 303 g/mol. The minimum atomic E-state index is -0.195. The fourth-order valence-corrected chi connectivity index (χ4v) is 2.74. The van der Waals surface area contributed by atoms with Crippen LogP contribution >= 0.6 is 0 Å². The highest BCUT2D eigenvalue weighted by Gasteiger charge is 2.15. The third kappa shape index (κ3) is 5.30. The Labute approximate surface area is 133 Å². The fourth-order valence-electron chi connectivity index (χ4n) is 2.74. The Balaban J connectivity index is 2.11. The summed E-state index contributed by atoms with van der Waals surface area (Å²) in [6.07, 6.45) is 6.59. The molecule has 0 atom stereocenters. The van der Waals surface area contributed by atoms with Gasteiger partial charge in [0.15, 0.2) is 0 Å². The number of halogens is 1. The summed E-state index contributed by atoms with van der Waals surface area (Å²) in [4.78, 5) is 2.27. The van der Waals surface area contributed by atoms with E-state index in [1.807, 2.05) is 12.1 Å². The molecule has 1 fully saturated rings. The molecule has 1 heterocycles. The maximum absolute atomic E-state index is 13.0. The maximum Gasteiger partial charge on any atom is 0.123 e. The largest absolute Gasteiger partial charge is 0.381 e. The summed E-state index contributed by atoms with van der Waals surface area (Å²) >= 11 is 0. The van der Waals surface area contributed by atoms with Gasteiger partial charge in [0.2, 0.25) is 0 Å². The number of benzene rings is 1. The van der Waals surface area contributed by atoms with Gasteiger partial charge in [-0.3, -0.25) is 0 Å². The van der Waals surface area contributed by atoms with Gasteiger partial charge >= 0.3 is 0 Å². The Bertz CT molecular complexity index is 523. The first-order valence-corrected chi connectivity index (χ1v) is 7.97. The molecule has 0 radical (unpaired) electrons. The molecule has 120 valence electrons. The Morgan fingerprint density at radius 2 is 1.77 bits per heavy atom. The van der Waals surface area contributed by atoms with Gasteiger partial charge in [0.25, 0.3) is 0 Å². The molecule has 0 spiro atoms. The van der Waals surface area contributed by atoms with Crippen LogP contribution in [0.15, 0.2) is 42.2 Å². The topological polar surface area (TPSA) is 12.5 Å². The van der Waals surface area contributed by atoms with Crippen molar-refractivity contribution < 1.29 is 9.13 Å². The molecule has 0 saturated carbocycles. The van der Waals surface area contributed by atoms with Crippen molar-refractivity contribution in [1.29, 1.82) is 0 Å². The summed E-state index contributed by atoms with van der Waals surface area (Å²) in [6, 6.07) is 6.68. The van der Waals surface area contributed by atoms with Crippen molar-refractivity contribution in [2.45, 2.75) is 33.6 Å². The van der Waals surface area contributed by atoms with E-state index in [0.717, 1.165) is 43.7 Å². The predicted octanol–water partition coefficient (Wildman–Crippen LogP) is 4.84. The van der Waals surface area contributed by atoms with Crippen LogP contribution in [-0.2, 0) is 4.74 Å². The zero-order chi connectivity index (χ0) is 15.9. The predicted molar refractivity (Wildman–Crippen MR) is 89.7 cm³/mol. The van der Waals surface area contributed by atoms with Gasteiger partial charge in [-0.1, -0.05) is 17.7 Å². The third-order valence-electron chi connectivity index (χ3n) is 3.89. The molecule has 0 aromatic heterocycles. The SMILES string of the molecule is CC(C)=CN(/C=C(\C)c1ccc(F)cc1)CC1CCOCC1. The van der Waals surface area contributed by atoms with Crippen LogP contribution < -0.4 is 0 Å². The van der Waals surface area contributed by atoms with Gasteiger partial charge in [-0.05, 0) is 62.8 Å². The number of hydrogen-bond donors (Lipinski definition) is 0. The molecule has 0 aliphatic carbocycles. The molecule has 1 saturated heterocycles. The van der Waals surface area contributed by atoms with Crippen molar-refractivity contribution in [1.82, 2.24) is 4.90 Å². The van der Waals surface area contributed by atoms with Gasteiger partial charge in [0.05, 0.1) is 0 Å². The first kappa shape index (κ1) is 16.8. The van der Waals surface area contributed by atoms with Crippen molar-refractivity contribution in [2.24, 2.45) is 5.92 Å². The first-order valence-electron chi connectivity index (χ1n) is 7.97. The summed E-state index contributed by atoms with van der Waals surface area (Å²) in [5.41, 5.74) is 3.47. The van der Waals surface area contributed by atoms with E-state index in [0.29, 0.717) is 5.92 Å². The zero-order valence-electron chi connectivity index (χ0n) is 13.8. The highest BCUT2D eigenvalue weighted by molar-refractivity contribution is 5.63. The minimum Gasteiger partial charge on any atom is -0.381 e. The van der Waals surface area contributed by atoms with Crippen molar-refractivity contribution in [3.05, 3.63) is 53.6 Å². The smallest absolute Gasteiger partial charge is 0.123 e. The van der Waals surface area contributed by atoms with Gasteiger partial charge in [0.1, 0.15) is 5.82 Å². The van der Waals surface area contributed by atoms with Crippen molar-refractivity contribution in [3.8, 4) is 0 Å². The van der Waals surface area contributed by atoms with Crippen LogP contribution in [0.3, 0.4) is 0 Å². The lowest BCUT2D eigenvalue weighted by Crippen LogP contribution is -2.26. The van der Waals surface area contributed by atoms with E-state index in [1.54, 1.807) is 0 Å². The van der Waals surface area contributed by atoms with E-state index in [4.69, 9.17) is 4.74 Å². The second-order valence-corrected chi connectivity index (χ2v) is 6.28. The molecule has 0 unspecified atom stereocenters. The number of rotatable bonds is 5. The van der Waals surface area contributed by atoms with Crippen LogP contribution in [0.4, 0.5) is 4.39 Å². The van der Waals surface area contributed by atoms with E-state index in [-0.39, 0.29) is 5.82 Å². The molecule has 0 N–H and O–H groups in total. The van der Waals surface area contributed by atoms with Gasteiger partial charge in [-0.15, -0.1) is 0 Å². The van der Waals surface area contributed by atoms with E-state index in [1.165, 1.54) is 17.7 Å². The van der Waals surface area contributed by atoms with E-state index < -0.39 is 0 Å². The molecular weight excluding hydrogens is 277 g/mol. The summed E-state index contributed by atoms with van der Waals surface area (Å²) < 4.78 is 18.5. The summed E-state index contributed by atoms with van der Waals surface area (Å²) in [5, 5.41) is 0. The zero-order valence-corrected chi connectivity index (χ0v) is 13.8. The third-order valence-corrected chi connectivity index (χ3v) is 3.89.